The molecule has 1 aliphatic rings. The standard InChI is InChI=1S/C11H17N3O2S3/c1-3-16-8(15)11(12)5-4-7(6-11)18-10-14-13-9(17-2)19-10/h7H,3-6,12H2,1-2H3. The van der Waals surface area contributed by atoms with Gasteiger partial charge in [-0.25, -0.2) is 0 Å². The Balaban J connectivity index is 1.92. The van der Waals surface area contributed by atoms with Gasteiger partial charge in [0, 0.05) is 5.25 Å². The molecule has 1 aromatic rings. The molecule has 0 saturated heterocycles. The first-order valence-electron chi connectivity index (χ1n) is 6.07. The lowest BCUT2D eigenvalue weighted by Gasteiger charge is -2.21. The highest BCUT2D eigenvalue weighted by atomic mass is 32.2. The van der Waals surface area contributed by atoms with E-state index in [4.69, 9.17) is 10.5 Å². The first kappa shape index (κ1) is 15.1. The van der Waals surface area contributed by atoms with E-state index in [0.717, 1.165) is 15.1 Å². The number of hydrogen-bond acceptors (Lipinski definition) is 8. The zero-order valence-electron chi connectivity index (χ0n) is 10.9. The first-order chi connectivity index (χ1) is 9.07. The quantitative estimate of drug-likeness (QED) is 0.658. The Labute approximate surface area is 125 Å². The van der Waals surface area contributed by atoms with E-state index in [2.05, 4.69) is 10.2 Å². The molecule has 2 atom stereocenters. The third kappa shape index (κ3) is 3.62. The average molecular weight is 319 g/mol. The van der Waals surface area contributed by atoms with E-state index in [1.165, 1.54) is 0 Å². The van der Waals surface area contributed by atoms with Crippen LogP contribution in [0.3, 0.4) is 0 Å². The Bertz CT molecular complexity index is 454. The molecule has 1 aliphatic carbocycles. The van der Waals surface area contributed by atoms with Gasteiger partial charge in [0.25, 0.3) is 0 Å². The molecule has 0 aromatic carbocycles. The number of aromatic nitrogens is 2. The summed E-state index contributed by atoms with van der Waals surface area (Å²) in [7, 11) is 0. The number of hydrogen-bond donors (Lipinski definition) is 1. The molecular formula is C11H17N3O2S3. The van der Waals surface area contributed by atoms with Crippen molar-refractivity contribution in [3.8, 4) is 0 Å². The van der Waals surface area contributed by atoms with Crippen molar-refractivity contribution in [1.82, 2.24) is 10.2 Å². The number of esters is 1. The molecule has 0 amide bonds. The van der Waals surface area contributed by atoms with Gasteiger partial charge in [-0.3, -0.25) is 4.79 Å². The molecule has 8 heteroatoms. The van der Waals surface area contributed by atoms with E-state index in [0.29, 0.717) is 24.7 Å². The van der Waals surface area contributed by atoms with Gasteiger partial charge in [-0.2, -0.15) is 0 Å². The van der Waals surface area contributed by atoms with Gasteiger partial charge in [-0.05, 0) is 32.4 Å². The van der Waals surface area contributed by atoms with Crippen LogP contribution in [0.4, 0.5) is 0 Å². The maximum absolute atomic E-state index is 11.8. The predicted octanol–water partition coefficient (Wildman–Crippen LogP) is 2.17. The third-order valence-corrected chi connectivity index (χ3v) is 6.27. The van der Waals surface area contributed by atoms with Crippen LogP contribution in [0.2, 0.25) is 0 Å². The molecule has 0 bridgehead atoms. The minimum absolute atomic E-state index is 0.278. The Kier molecular flexibility index (Phi) is 5.10. The molecule has 5 nitrogen and oxygen atoms in total. The molecule has 2 rings (SSSR count). The number of rotatable bonds is 5. The van der Waals surface area contributed by atoms with Crippen LogP contribution in [0.15, 0.2) is 8.68 Å². The predicted molar refractivity (Wildman–Crippen MR) is 78.7 cm³/mol. The summed E-state index contributed by atoms with van der Waals surface area (Å²) in [5.41, 5.74) is 5.32. The van der Waals surface area contributed by atoms with E-state index in [9.17, 15) is 4.79 Å². The lowest BCUT2D eigenvalue weighted by molar-refractivity contribution is -0.149. The van der Waals surface area contributed by atoms with E-state index < -0.39 is 5.54 Å². The van der Waals surface area contributed by atoms with Crippen LogP contribution in [-0.2, 0) is 9.53 Å². The van der Waals surface area contributed by atoms with Crippen molar-refractivity contribution in [1.29, 1.82) is 0 Å². The van der Waals surface area contributed by atoms with E-state index >= 15 is 0 Å². The monoisotopic (exact) mass is 319 g/mol. The number of nitrogens with two attached hydrogens (primary N) is 1. The molecule has 2 unspecified atom stereocenters. The molecule has 1 fully saturated rings. The summed E-state index contributed by atoms with van der Waals surface area (Å²) in [6.45, 7) is 2.18. The van der Waals surface area contributed by atoms with E-state index in [-0.39, 0.29) is 5.97 Å². The topological polar surface area (TPSA) is 78.1 Å². The zero-order valence-corrected chi connectivity index (χ0v) is 13.4. The summed E-state index contributed by atoms with van der Waals surface area (Å²) in [5.74, 6) is -0.278. The summed E-state index contributed by atoms with van der Waals surface area (Å²) in [5, 5.41) is 8.52. The maximum Gasteiger partial charge on any atom is 0.326 e. The molecule has 0 aliphatic heterocycles. The summed E-state index contributed by atoms with van der Waals surface area (Å²) in [6, 6.07) is 0. The Morgan fingerprint density at radius 2 is 2.32 bits per heavy atom. The lowest BCUT2D eigenvalue weighted by Crippen LogP contribution is -2.47. The fraction of sp³-hybridized carbons (Fsp3) is 0.727. The number of ether oxygens (including phenoxy) is 1. The highest BCUT2D eigenvalue weighted by Gasteiger charge is 2.43. The van der Waals surface area contributed by atoms with Crippen LogP contribution in [0.5, 0.6) is 0 Å². The minimum atomic E-state index is -0.819. The average Bonchev–Trinajstić information content (AvgIpc) is 2.98. The fourth-order valence-electron chi connectivity index (χ4n) is 2.06. The highest BCUT2D eigenvalue weighted by molar-refractivity contribution is 8.03. The number of carbonyl (C=O) groups is 1. The van der Waals surface area contributed by atoms with Gasteiger partial charge in [0.15, 0.2) is 8.68 Å². The normalized spacial score (nSPS) is 26.6. The molecule has 19 heavy (non-hydrogen) atoms. The van der Waals surface area contributed by atoms with Gasteiger partial charge in [0.05, 0.1) is 6.61 Å². The van der Waals surface area contributed by atoms with Crippen LogP contribution >= 0.6 is 34.9 Å². The second kappa shape index (κ2) is 6.43. The van der Waals surface area contributed by atoms with Crippen molar-refractivity contribution in [3.63, 3.8) is 0 Å². The number of carbonyl (C=O) groups excluding carboxylic acids is 1. The van der Waals surface area contributed by atoms with Crippen LogP contribution < -0.4 is 5.73 Å². The van der Waals surface area contributed by atoms with Crippen LogP contribution in [-0.4, -0.2) is 39.8 Å². The summed E-state index contributed by atoms with van der Waals surface area (Å²) in [4.78, 5) is 11.8. The Morgan fingerprint density at radius 1 is 1.58 bits per heavy atom. The molecule has 0 spiro atoms. The van der Waals surface area contributed by atoms with Crippen LogP contribution in [0, 0.1) is 0 Å². The zero-order chi connectivity index (χ0) is 13.9. The van der Waals surface area contributed by atoms with Crippen molar-refractivity contribution >= 4 is 40.8 Å². The molecule has 106 valence electrons. The summed E-state index contributed by atoms with van der Waals surface area (Å²) < 4.78 is 6.96. The van der Waals surface area contributed by atoms with E-state index in [1.54, 1.807) is 41.8 Å². The minimum Gasteiger partial charge on any atom is -0.465 e. The van der Waals surface area contributed by atoms with Crippen molar-refractivity contribution in [2.75, 3.05) is 12.9 Å². The van der Waals surface area contributed by atoms with Gasteiger partial charge in [-0.1, -0.05) is 34.9 Å². The second-order valence-corrected chi connectivity index (χ2v) is 7.98. The van der Waals surface area contributed by atoms with Gasteiger partial charge < -0.3 is 10.5 Å². The van der Waals surface area contributed by atoms with Gasteiger partial charge in [0.2, 0.25) is 0 Å². The van der Waals surface area contributed by atoms with Crippen molar-refractivity contribution in [3.05, 3.63) is 0 Å². The van der Waals surface area contributed by atoms with Gasteiger partial charge in [0.1, 0.15) is 5.54 Å². The second-order valence-electron chi connectivity index (χ2n) is 4.40. The molecular weight excluding hydrogens is 302 g/mol. The third-order valence-electron chi connectivity index (χ3n) is 3.02. The number of nitrogens with zero attached hydrogens (tertiary/aromatic N) is 2. The molecule has 1 heterocycles. The SMILES string of the molecule is CCOC(=O)C1(N)CCC(Sc2nnc(SC)s2)C1. The van der Waals surface area contributed by atoms with Crippen molar-refractivity contribution in [2.24, 2.45) is 5.73 Å². The largest absolute Gasteiger partial charge is 0.465 e. The highest BCUT2D eigenvalue weighted by Crippen LogP contribution is 2.41. The van der Waals surface area contributed by atoms with Crippen LogP contribution in [0.1, 0.15) is 26.2 Å². The smallest absolute Gasteiger partial charge is 0.326 e. The van der Waals surface area contributed by atoms with Crippen LogP contribution in [0.25, 0.3) is 0 Å². The van der Waals surface area contributed by atoms with Crippen molar-refractivity contribution < 1.29 is 9.53 Å². The Morgan fingerprint density at radius 3 is 2.95 bits per heavy atom. The van der Waals surface area contributed by atoms with Gasteiger partial charge in [-0.15, -0.1) is 10.2 Å². The fourth-order valence-corrected chi connectivity index (χ4v) is 5.05. The van der Waals surface area contributed by atoms with E-state index in [1.807, 2.05) is 6.26 Å². The van der Waals surface area contributed by atoms with Gasteiger partial charge >= 0.3 is 5.97 Å². The molecule has 2 N–H and O–H groups in total. The molecule has 1 aromatic heterocycles. The summed E-state index contributed by atoms with van der Waals surface area (Å²) in [6.07, 6.45) is 4.22. The van der Waals surface area contributed by atoms with Crippen molar-refractivity contribution in [2.45, 2.75) is 45.7 Å². The molecule has 0 radical (unpaired) electrons. The maximum atomic E-state index is 11.8. The summed E-state index contributed by atoms with van der Waals surface area (Å²) >= 11 is 4.85. The Hall–Kier alpha value is -0.310. The lowest BCUT2D eigenvalue weighted by atomic mass is 10.00. The number of thioether (sulfide) groups is 2. The molecule has 1 saturated carbocycles. The first-order valence-corrected chi connectivity index (χ1v) is 8.99.